The molecule has 7 rings (SSSR count). The van der Waals surface area contributed by atoms with Crippen molar-refractivity contribution in [2.45, 2.75) is 80.4 Å². The van der Waals surface area contributed by atoms with Crippen LogP contribution in [0.25, 0.3) is 21.7 Å². The maximum Gasteiger partial charge on any atom is 0.315 e. The molecule has 0 radical (unpaired) electrons. The number of unbranched alkanes of at least 4 members (excludes halogenated alkanes) is 1. The number of carbonyl (C=O) groups excluding carboxylic acids is 5. The first-order valence-electron chi connectivity index (χ1n) is 19.0. The maximum atomic E-state index is 14.3. The third-order valence-electron chi connectivity index (χ3n) is 10.6. The molecule has 290 valence electrons. The quantitative estimate of drug-likeness (QED) is 0.0413. The van der Waals surface area contributed by atoms with Crippen LogP contribution >= 0.6 is 27.7 Å². The molecular weight excluding hydrogens is 792 g/mol. The Balaban J connectivity index is 1.06. The van der Waals surface area contributed by atoms with Crippen molar-refractivity contribution >= 4 is 79.4 Å². The number of halogens is 1. The summed E-state index contributed by atoms with van der Waals surface area (Å²) >= 11 is 5.30. The van der Waals surface area contributed by atoms with E-state index in [4.69, 9.17) is 0 Å². The number of fused-ring (bicyclic) bond motifs is 3. The molecule has 0 spiro atoms. The zero-order chi connectivity index (χ0) is 39.0. The Morgan fingerprint density at radius 2 is 1.52 bits per heavy atom. The lowest BCUT2D eigenvalue weighted by Gasteiger charge is -2.25. The van der Waals surface area contributed by atoms with Gasteiger partial charge in [0.25, 0.3) is 0 Å². The number of aldehydes is 1. The summed E-state index contributed by atoms with van der Waals surface area (Å²) in [6.45, 7) is 0. The highest BCUT2D eigenvalue weighted by Gasteiger charge is 2.42. The van der Waals surface area contributed by atoms with Crippen LogP contribution in [0.15, 0.2) is 102 Å². The van der Waals surface area contributed by atoms with Gasteiger partial charge < -0.3 is 36.4 Å². The second-order valence-electron chi connectivity index (χ2n) is 14.5. The molecule has 4 aromatic carbocycles. The van der Waals surface area contributed by atoms with Crippen molar-refractivity contribution < 1.29 is 24.0 Å². The fourth-order valence-electron chi connectivity index (χ4n) is 7.73. The van der Waals surface area contributed by atoms with Gasteiger partial charge in [-0.2, -0.15) is 11.8 Å². The minimum absolute atomic E-state index is 0.106. The van der Waals surface area contributed by atoms with E-state index in [1.54, 1.807) is 0 Å². The molecule has 5 amide bonds. The molecule has 6 atom stereocenters. The maximum absolute atomic E-state index is 14.3. The van der Waals surface area contributed by atoms with Crippen LogP contribution in [0.5, 0.6) is 0 Å². The molecule has 0 saturated carbocycles. The molecule has 56 heavy (non-hydrogen) atoms. The molecule has 0 bridgehead atoms. The fraction of sp³-hybridized carbons (Fsp3) is 0.326. The number of benzene rings is 4. The van der Waals surface area contributed by atoms with Crippen LogP contribution in [0.1, 0.15) is 42.4 Å². The normalized spacial score (nSPS) is 19.0. The second-order valence-corrected chi connectivity index (χ2v) is 16.7. The molecule has 13 heteroatoms. The standard InChI is InChI=1S/C43H45BrN6O5S/c44-30-18-16-26(17-19-30)20-35(47-39(52)15-6-5-14-38-40-37(25-56-38)49-43(55)50-40)42(54)48-36(22-28-10-7-9-27-8-1-2-11-32(27)28)41(53)46-31(24-51)21-29-23-45-34-13-4-3-12-33(29)34/h1-4,7-13,16-19,23-24,31,35-38,40,45H,5-6,14-15,20-22,25H2,(H,46,53)(H,47,52)(H,48,54)(H2,49,50,55)/t31-,35-,36-,37?,38?,40?/m0/s1. The van der Waals surface area contributed by atoms with Crippen LogP contribution in [-0.2, 0) is 38.4 Å². The van der Waals surface area contributed by atoms with Crippen LogP contribution in [0.4, 0.5) is 4.79 Å². The van der Waals surface area contributed by atoms with E-state index in [-0.39, 0.29) is 49.7 Å². The molecule has 5 aromatic rings. The Hall–Kier alpha value is -5.14. The topological polar surface area (TPSA) is 161 Å². The number of H-pyrrole nitrogens is 1. The lowest BCUT2D eigenvalue weighted by Crippen LogP contribution is -2.56. The number of thioether (sulfide) groups is 1. The predicted octanol–water partition coefficient (Wildman–Crippen LogP) is 5.49. The van der Waals surface area contributed by atoms with E-state index in [2.05, 4.69) is 47.5 Å². The Morgan fingerprint density at radius 3 is 2.34 bits per heavy atom. The SMILES string of the molecule is O=C[C@H](Cc1c[nH]c2ccccc12)NC(=O)[C@H](Cc1cccc2ccccc12)NC(=O)[C@H](Cc1ccc(Br)cc1)NC(=O)CCCCC1SCC2NC(=O)NC21. The third kappa shape index (κ3) is 9.62. The first kappa shape index (κ1) is 39.1. The lowest BCUT2D eigenvalue weighted by molar-refractivity contribution is -0.132. The van der Waals surface area contributed by atoms with Crippen molar-refractivity contribution in [2.24, 2.45) is 0 Å². The Morgan fingerprint density at radius 1 is 0.786 bits per heavy atom. The van der Waals surface area contributed by atoms with Gasteiger partial charge in [0.1, 0.15) is 18.4 Å². The summed E-state index contributed by atoms with van der Waals surface area (Å²) in [7, 11) is 0. The molecule has 2 fully saturated rings. The van der Waals surface area contributed by atoms with Crippen molar-refractivity contribution in [1.29, 1.82) is 0 Å². The number of urea groups is 1. The summed E-state index contributed by atoms with van der Waals surface area (Å²) in [6, 6.07) is 26.3. The van der Waals surface area contributed by atoms with Crippen molar-refractivity contribution in [2.75, 3.05) is 5.75 Å². The number of aromatic amines is 1. The van der Waals surface area contributed by atoms with Gasteiger partial charge >= 0.3 is 6.03 Å². The molecule has 1 aromatic heterocycles. The lowest BCUT2D eigenvalue weighted by atomic mass is 9.97. The van der Waals surface area contributed by atoms with Crippen LogP contribution in [0.3, 0.4) is 0 Å². The Bertz CT molecular complexity index is 2210. The molecule has 6 N–H and O–H groups in total. The first-order chi connectivity index (χ1) is 27.2. The zero-order valence-electron chi connectivity index (χ0n) is 30.8. The molecule has 11 nitrogen and oxygen atoms in total. The largest absolute Gasteiger partial charge is 0.361 e. The summed E-state index contributed by atoms with van der Waals surface area (Å²) < 4.78 is 0.884. The van der Waals surface area contributed by atoms with E-state index in [9.17, 15) is 24.0 Å². The molecular formula is C43H45BrN6O5S. The Kier molecular flexibility index (Phi) is 12.7. The first-order valence-corrected chi connectivity index (χ1v) is 20.9. The van der Waals surface area contributed by atoms with Gasteiger partial charge in [-0.3, -0.25) is 14.4 Å². The monoisotopic (exact) mass is 836 g/mol. The van der Waals surface area contributed by atoms with Gasteiger partial charge in [0.2, 0.25) is 17.7 Å². The number of hydrogen-bond donors (Lipinski definition) is 6. The summed E-state index contributed by atoms with van der Waals surface area (Å²) in [5, 5.41) is 18.0. The van der Waals surface area contributed by atoms with Crippen LogP contribution in [-0.4, -0.2) is 76.2 Å². The molecule has 0 aliphatic carbocycles. The van der Waals surface area contributed by atoms with Crippen LogP contribution in [0, 0.1) is 0 Å². The van der Waals surface area contributed by atoms with Gasteiger partial charge in [-0.1, -0.05) is 95.1 Å². The summed E-state index contributed by atoms with van der Waals surface area (Å²) in [5.41, 5.74) is 3.51. The van der Waals surface area contributed by atoms with Gasteiger partial charge in [0.15, 0.2) is 0 Å². The van der Waals surface area contributed by atoms with Gasteiger partial charge in [-0.05, 0) is 58.5 Å². The average Bonchev–Trinajstić information content (AvgIpc) is 3.90. The van der Waals surface area contributed by atoms with Crippen LogP contribution in [0.2, 0.25) is 0 Å². The third-order valence-corrected chi connectivity index (χ3v) is 12.7. The summed E-state index contributed by atoms with van der Waals surface area (Å²) in [5.74, 6) is -0.387. The van der Waals surface area contributed by atoms with Gasteiger partial charge in [0.05, 0.1) is 18.1 Å². The van der Waals surface area contributed by atoms with E-state index >= 15 is 0 Å². The van der Waals surface area contributed by atoms with E-state index in [1.807, 2.05) is 109 Å². The van der Waals surface area contributed by atoms with Gasteiger partial charge in [-0.25, -0.2) is 4.79 Å². The van der Waals surface area contributed by atoms with E-state index in [1.165, 1.54) is 0 Å². The highest BCUT2D eigenvalue weighted by Crippen LogP contribution is 2.33. The molecule has 3 unspecified atom stereocenters. The smallest absolute Gasteiger partial charge is 0.315 e. The summed E-state index contributed by atoms with van der Waals surface area (Å²) in [6.07, 6.45) is 5.73. The van der Waals surface area contributed by atoms with E-state index in [0.29, 0.717) is 11.7 Å². The highest BCUT2D eigenvalue weighted by molar-refractivity contribution is 9.10. The van der Waals surface area contributed by atoms with Crippen molar-refractivity contribution in [3.8, 4) is 0 Å². The van der Waals surface area contributed by atoms with Crippen molar-refractivity contribution in [3.05, 3.63) is 118 Å². The minimum atomic E-state index is -1.05. The molecule has 2 aliphatic rings. The van der Waals surface area contributed by atoms with Crippen molar-refractivity contribution in [1.82, 2.24) is 31.6 Å². The predicted molar refractivity (Wildman–Crippen MR) is 223 cm³/mol. The second kappa shape index (κ2) is 18.2. The van der Waals surface area contributed by atoms with Crippen LogP contribution < -0.4 is 26.6 Å². The van der Waals surface area contributed by atoms with E-state index < -0.39 is 29.9 Å². The average molecular weight is 838 g/mol. The molecule has 2 aliphatic heterocycles. The number of nitrogens with one attached hydrogen (secondary N) is 6. The number of aromatic nitrogens is 1. The number of carbonyl (C=O) groups is 5. The zero-order valence-corrected chi connectivity index (χ0v) is 33.2. The number of amides is 5. The number of rotatable bonds is 17. The van der Waals surface area contributed by atoms with E-state index in [0.717, 1.165) is 67.7 Å². The fourth-order valence-corrected chi connectivity index (χ4v) is 9.54. The molecule has 3 heterocycles. The highest BCUT2D eigenvalue weighted by atomic mass is 79.9. The summed E-state index contributed by atoms with van der Waals surface area (Å²) in [4.78, 5) is 69.3. The van der Waals surface area contributed by atoms with Gasteiger partial charge in [-0.15, -0.1) is 0 Å². The number of hydrogen-bond acceptors (Lipinski definition) is 6. The molecule has 2 saturated heterocycles. The Labute approximate surface area is 338 Å². The minimum Gasteiger partial charge on any atom is -0.361 e. The van der Waals surface area contributed by atoms with Gasteiger partial charge in [0, 0.05) is 58.3 Å². The van der Waals surface area contributed by atoms with Crippen molar-refractivity contribution in [3.63, 3.8) is 0 Å². The number of para-hydroxylation sites is 1.